The van der Waals surface area contributed by atoms with Crippen molar-refractivity contribution < 1.29 is 18.8 Å². The number of carbonyl (C=O) groups is 3. The average Bonchev–Trinajstić information content (AvgIpc) is 3.37. The molecule has 7 nitrogen and oxygen atoms in total. The maximum Gasteiger partial charge on any atom is 0.291 e. The molecule has 7 heteroatoms. The predicted molar refractivity (Wildman–Crippen MR) is 129 cm³/mol. The lowest BCUT2D eigenvalue weighted by molar-refractivity contribution is -0.142. The van der Waals surface area contributed by atoms with E-state index in [2.05, 4.69) is 10.6 Å². The molecule has 1 unspecified atom stereocenters. The zero-order valence-corrected chi connectivity index (χ0v) is 19.4. The molecule has 0 radical (unpaired) electrons. The van der Waals surface area contributed by atoms with Crippen molar-refractivity contribution in [3.63, 3.8) is 0 Å². The van der Waals surface area contributed by atoms with Gasteiger partial charge in [-0.2, -0.15) is 0 Å². The standard InChI is InChI=1S/C27H29N3O4/c1-18(2)14-25(31)30-17-21-7-4-3-6-20(21)15-23(30)26(32)28-16-19-9-11-22(12-10-19)29-27(33)24-8-5-13-34-24/h3-13,18,23H,14-17H2,1-2H3,(H,28,32)(H,29,33). The van der Waals surface area contributed by atoms with Crippen LogP contribution in [-0.2, 0) is 29.1 Å². The smallest absolute Gasteiger partial charge is 0.291 e. The van der Waals surface area contributed by atoms with E-state index < -0.39 is 6.04 Å². The fraction of sp³-hybridized carbons (Fsp3) is 0.296. The van der Waals surface area contributed by atoms with Gasteiger partial charge in [-0.25, -0.2) is 0 Å². The molecule has 34 heavy (non-hydrogen) atoms. The fourth-order valence-corrected chi connectivity index (χ4v) is 4.10. The molecule has 0 saturated carbocycles. The predicted octanol–water partition coefficient (Wildman–Crippen LogP) is 4.15. The quantitative estimate of drug-likeness (QED) is 0.555. The first-order chi connectivity index (χ1) is 16.4. The van der Waals surface area contributed by atoms with E-state index >= 15 is 0 Å². The Morgan fingerprint density at radius 2 is 1.74 bits per heavy atom. The molecule has 4 rings (SSSR count). The van der Waals surface area contributed by atoms with Crippen LogP contribution in [-0.4, -0.2) is 28.7 Å². The minimum Gasteiger partial charge on any atom is -0.459 e. The molecule has 3 aromatic rings. The lowest BCUT2D eigenvalue weighted by Crippen LogP contribution is -2.52. The fourth-order valence-electron chi connectivity index (χ4n) is 4.10. The molecule has 2 heterocycles. The molecule has 2 aromatic carbocycles. The first kappa shape index (κ1) is 23.3. The normalized spacial score (nSPS) is 15.0. The summed E-state index contributed by atoms with van der Waals surface area (Å²) >= 11 is 0. The summed E-state index contributed by atoms with van der Waals surface area (Å²) in [6.07, 6.45) is 2.36. The van der Waals surface area contributed by atoms with Gasteiger partial charge in [-0.05, 0) is 46.9 Å². The molecular formula is C27H29N3O4. The highest BCUT2D eigenvalue weighted by Crippen LogP contribution is 2.25. The van der Waals surface area contributed by atoms with Crippen LogP contribution in [0.5, 0.6) is 0 Å². The lowest BCUT2D eigenvalue weighted by atomic mass is 9.92. The summed E-state index contributed by atoms with van der Waals surface area (Å²) in [6.45, 7) is 4.79. The van der Waals surface area contributed by atoms with Crippen molar-refractivity contribution in [1.29, 1.82) is 0 Å². The highest BCUT2D eigenvalue weighted by Gasteiger charge is 2.34. The number of carbonyl (C=O) groups excluding carboxylic acids is 3. The zero-order valence-electron chi connectivity index (χ0n) is 19.4. The molecule has 1 aromatic heterocycles. The van der Waals surface area contributed by atoms with Crippen molar-refractivity contribution in [3.05, 3.63) is 89.4 Å². The summed E-state index contributed by atoms with van der Waals surface area (Å²) < 4.78 is 5.09. The summed E-state index contributed by atoms with van der Waals surface area (Å²) in [5, 5.41) is 5.75. The van der Waals surface area contributed by atoms with Crippen molar-refractivity contribution in [2.45, 2.75) is 45.8 Å². The average molecular weight is 460 g/mol. The molecule has 2 N–H and O–H groups in total. The van der Waals surface area contributed by atoms with Crippen LogP contribution in [0.3, 0.4) is 0 Å². The molecular weight excluding hydrogens is 430 g/mol. The summed E-state index contributed by atoms with van der Waals surface area (Å²) in [5.74, 6) is -0.0277. The highest BCUT2D eigenvalue weighted by molar-refractivity contribution is 6.02. The van der Waals surface area contributed by atoms with Gasteiger partial charge in [0.25, 0.3) is 5.91 Å². The van der Waals surface area contributed by atoms with Crippen molar-refractivity contribution in [3.8, 4) is 0 Å². The number of amides is 3. The van der Waals surface area contributed by atoms with E-state index in [1.807, 2.05) is 50.2 Å². The summed E-state index contributed by atoms with van der Waals surface area (Å²) in [5.41, 5.74) is 3.72. The van der Waals surface area contributed by atoms with Crippen LogP contribution < -0.4 is 10.6 Å². The number of benzene rings is 2. The van der Waals surface area contributed by atoms with E-state index in [1.54, 1.807) is 29.2 Å². The minimum atomic E-state index is -0.534. The molecule has 1 aliphatic rings. The van der Waals surface area contributed by atoms with E-state index in [0.29, 0.717) is 31.6 Å². The van der Waals surface area contributed by atoms with Gasteiger partial charge in [-0.15, -0.1) is 0 Å². The van der Waals surface area contributed by atoms with Crippen molar-refractivity contribution in [1.82, 2.24) is 10.2 Å². The van der Waals surface area contributed by atoms with Crippen LogP contribution in [0.2, 0.25) is 0 Å². The molecule has 3 amide bonds. The van der Waals surface area contributed by atoms with Crippen molar-refractivity contribution >= 4 is 23.4 Å². The molecule has 1 atom stereocenters. The monoisotopic (exact) mass is 459 g/mol. The van der Waals surface area contributed by atoms with E-state index in [1.165, 1.54) is 6.26 Å². The van der Waals surface area contributed by atoms with Crippen molar-refractivity contribution in [2.24, 2.45) is 5.92 Å². The molecule has 1 aliphatic heterocycles. The highest BCUT2D eigenvalue weighted by atomic mass is 16.3. The van der Waals surface area contributed by atoms with E-state index in [9.17, 15) is 14.4 Å². The van der Waals surface area contributed by atoms with Gasteiger partial charge >= 0.3 is 0 Å². The maximum atomic E-state index is 13.2. The summed E-state index contributed by atoms with van der Waals surface area (Å²) in [6, 6.07) is 17.9. The number of rotatable bonds is 7. The van der Waals surface area contributed by atoms with Crippen LogP contribution in [0.25, 0.3) is 0 Å². The van der Waals surface area contributed by atoms with Gasteiger partial charge in [0.05, 0.1) is 6.26 Å². The number of furan rings is 1. The first-order valence-corrected chi connectivity index (χ1v) is 11.5. The Kier molecular flexibility index (Phi) is 7.11. The maximum absolute atomic E-state index is 13.2. The molecule has 0 aliphatic carbocycles. The van der Waals surface area contributed by atoms with E-state index in [4.69, 9.17) is 4.42 Å². The SMILES string of the molecule is CC(C)CC(=O)N1Cc2ccccc2CC1C(=O)NCc1ccc(NC(=O)c2ccco2)cc1. The van der Waals surface area contributed by atoms with Gasteiger partial charge in [0, 0.05) is 31.6 Å². The van der Waals surface area contributed by atoms with Gasteiger partial charge < -0.3 is 20.0 Å². The first-order valence-electron chi connectivity index (χ1n) is 11.5. The number of nitrogens with one attached hydrogen (secondary N) is 2. The Balaban J connectivity index is 1.39. The molecule has 0 fully saturated rings. The number of anilines is 1. The largest absolute Gasteiger partial charge is 0.459 e. The number of hydrogen-bond acceptors (Lipinski definition) is 4. The third-order valence-electron chi connectivity index (χ3n) is 5.88. The van der Waals surface area contributed by atoms with Crippen LogP contribution in [0.4, 0.5) is 5.69 Å². The zero-order chi connectivity index (χ0) is 24.1. The molecule has 0 spiro atoms. The number of fused-ring (bicyclic) bond motifs is 1. The second-order valence-electron chi connectivity index (χ2n) is 8.95. The Labute approximate surface area is 199 Å². The lowest BCUT2D eigenvalue weighted by Gasteiger charge is -2.36. The summed E-state index contributed by atoms with van der Waals surface area (Å²) in [7, 11) is 0. The number of hydrogen-bond donors (Lipinski definition) is 2. The third-order valence-corrected chi connectivity index (χ3v) is 5.88. The molecule has 176 valence electrons. The van der Waals surface area contributed by atoms with Crippen molar-refractivity contribution in [2.75, 3.05) is 5.32 Å². The van der Waals surface area contributed by atoms with Crippen LogP contribution >= 0.6 is 0 Å². The van der Waals surface area contributed by atoms with E-state index in [0.717, 1.165) is 16.7 Å². The van der Waals surface area contributed by atoms with Gasteiger partial charge in [0.1, 0.15) is 6.04 Å². The molecule has 0 bridgehead atoms. The summed E-state index contributed by atoms with van der Waals surface area (Å²) in [4.78, 5) is 39.9. The molecule has 0 saturated heterocycles. The Hall–Kier alpha value is -3.87. The van der Waals surface area contributed by atoms with Crippen LogP contribution in [0, 0.1) is 5.92 Å². The second kappa shape index (κ2) is 10.4. The van der Waals surface area contributed by atoms with Gasteiger partial charge in [0.15, 0.2) is 5.76 Å². The topological polar surface area (TPSA) is 91.7 Å². The second-order valence-corrected chi connectivity index (χ2v) is 8.95. The third kappa shape index (κ3) is 5.54. The van der Waals surface area contributed by atoms with Crippen LogP contribution in [0.1, 0.15) is 47.5 Å². The number of nitrogens with zero attached hydrogens (tertiary/aromatic N) is 1. The van der Waals surface area contributed by atoms with Gasteiger partial charge in [0.2, 0.25) is 11.8 Å². The Morgan fingerprint density at radius 3 is 2.41 bits per heavy atom. The Morgan fingerprint density at radius 1 is 1.00 bits per heavy atom. The minimum absolute atomic E-state index is 0.00121. The van der Waals surface area contributed by atoms with E-state index in [-0.39, 0.29) is 29.4 Å². The van der Waals surface area contributed by atoms with Crippen LogP contribution in [0.15, 0.2) is 71.3 Å². The van der Waals surface area contributed by atoms with Gasteiger partial charge in [-0.3, -0.25) is 14.4 Å². The Bertz CT molecular complexity index is 1150. The van der Waals surface area contributed by atoms with Gasteiger partial charge in [-0.1, -0.05) is 50.2 Å².